The summed E-state index contributed by atoms with van der Waals surface area (Å²) < 4.78 is 27.4. The molecule has 0 fully saturated rings. The number of carbonyl (C=O) groups is 1. The Morgan fingerprint density at radius 2 is 1.68 bits per heavy atom. The highest BCUT2D eigenvalue weighted by Crippen LogP contribution is 2.27. The van der Waals surface area contributed by atoms with E-state index in [2.05, 4.69) is 5.32 Å². The molecule has 8 nitrogen and oxygen atoms in total. The summed E-state index contributed by atoms with van der Waals surface area (Å²) >= 11 is 5.92. The Morgan fingerprint density at radius 1 is 1.03 bits per heavy atom. The molecule has 160 valence electrons. The van der Waals surface area contributed by atoms with Gasteiger partial charge in [-0.2, -0.15) is 0 Å². The molecule has 3 rings (SSSR count). The minimum atomic E-state index is -4.06. The molecule has 0 aliphatic heterocycles. The van der Waals surface area contributed by atoms with Gasteiger partial charge >= 0.3 is 0 Å². The summed E-state index contributed by atoms with van der Waals surface area (Å²) in [6.07, 6.45) is 0. The maximum absolute atomic E-state index is 13.2. The van der Waals surface area contributed by atoms with Gasteiger partial charge in [-0.25, -0.2) is 8.42 Å². The van der Waals surface area contributed by atoms with Crippen molar-refractivity contribution in [3.63, 3.8) is 0 Å². The second kappa shape index (κ2) is 9.15. The monoisotopic (exact) mass is 459 g/mol. The van der Waals surface area contributed by atoms with Crippen molar-refractivity contribution < 1.29 is 18.1 Å². The molecule has 3 aromatic carbocycles. The second-order valence-electron chi connectivity index (χ2n) is 6.56. The number of halogens is 1. The van der Waals surface area contributed by atoms with Crippen LogP contribution in [0.3, 0.4) is 0 Å². The van der Waals surface area contributed by atoms with Crippen molar-refractivity contribution in [2.24, 2.45) is 0 Å². The van der Waals surface area contributed by atoms with Gasteiger partial charge in [0.25, 0.3) is 15.7 Å². The number of carbonyl (C=O) groups excluding carboxylic acids is 1. The Kier molecular flexibility index (Phi) is 6.57. The Morgan fingerprint density at radius 3 is 2.29 bits per heavy atom. The molecule has 0 saturated heterocycles. The summed E-state index contributed by atoms with van der Waals surface area (Å²) in [7, 11) is -4.06. The van der Waals surface area contributed by atoms with Gasteiger partial charge in [0.05, 0.1) is 26.8 Å². The highest BCUT2D eigenvalue weighted by Gasteiger charge is 2.27. The summed E-state index contributed by atoms with van der Waals surface area (Å²) in [6, 6.07) is 18.0. The number of sulfonamides is 1. The van der Waals surface area contributed by atoms with Crippen LogP contribution in [-0.2, 0) is 14.8 Å². The molecule has 1 amide bonds. The largest absolute Gasteiger partial charge is 0.324 e. The Balaban J connectivity index is 1.94. The molecule has 0 aliphatic carbocycles. The van der Waals surface area contributed by atoms with Gasteiger partial charge in [0.15, 0.2) is 0 Å². The van der Waals surface area contributed by atoms with E-state index >= 15 is 0 Å². The molecule has 0 aliphatic rings. The number of nitro groups is 1. The number of nitrogens with one attached hydrogen (secondary N) is 1. The fraction of sp³-hybridized carbons (Fsp3) is 0.0952. The fourth-order valence-corrected chi connectivity index (χ4v) is 4.49. The van der Waals surface area contributed by atoms with Gasteiger partial charge < -0.3 is 5.32 Å². The number of nitrogens with zero attached hydrogens (tertiary/aromatic N) is 2. The van der Waals surface area contributed by atoms with Crippen LogP contribution in [0.4, 0.5) is 17.1 Å². The molecular weight excluding hydrogens is 442 g/mol. The second-order valence-corrected chi connectivity index (χ2v) is 8.85. The fourth-order valence-electron chi connectivity index (χ4n) is 2.92. The molecule has 0 aromatic heterocycles. The zero-order chi connectivity index (χ0) is 22.6. The maximum Gasteiger partial charge on any atom is 0.274 e. The topological polar surface area (TPSA) is 110 Å². The van der Waals surface area contributed by atoms with Crippen molar-refractivity contribution in [2.45, 2.75) is 11.8 Å². The van der Waals surface area contributed by atoms with Gasteiger partial charge in [0.2, 0.25) is 5.91 Å². The third kappa shape index (κ3) is 5.01. The molecule has 0 spiro atoms. The lowest BCUT2D eigenvalue weighted by atomic mass is 10.1. The van der Waals surface area contributed by atoms with Gasteiger partial charge in [0, 0.05) is 11.1 Å². The Bertz CT molecular complexity index is 1220. The van der Waals surface area contributed by atoms with Crippen LogP contribution in [0.1, 0.15) is 5.56 Å². The van der Waals surface area contributed by atoms with Crippen molar-refractivity contribution >= 4 is 44.6 Å². The van der Waals surface area contributed by atoms with Gasteiger partial charge in [-0.1, -0.05) is 35.9 Å². The number of rotatable bonds is 7. The third-order valence-electron chi connectivity index (χ3n) is 4.51. The quantitative estimate of drug-likeness (QED) is 0.416. The lowest BCUT2D eigenvalue weighted by Gasteiger charge is -2.24. The Hall–Kier alpha value is -3.43. The van der Waals surface area contributed by atoms with Crippen molar-refractivity contribution in [1.29, 1.82) is 0 Å². The standard InChI is InChI=1S/C21H18ClN3O5S/c1-15-19(8-5-9-20(15)25(27)28)23-21(26)14-24(17-12-10-16(22)11-13-17)31(29,30)18-6-3-2-4-7-18/h2-13H,14H2,1H3,(H,23,26). The molecule has 0 saturated carbocycles. The number of hydrogen-bond donors (Lipinski definition) is 1. The summed E-state index contributed by atoms with van der Waals surface area (Å²) in [5.41, 5.74) is 0.598. The van der Waals surface area contributed by atoms with E-state index in [0.29, 0.717) is 5.02 Å². The number of hydrogen-bond acceptors (Lipinski definition) is 5. The first-order valence-electron chi connectivity index (χ1n) is 9.07. The first-order valence-corrected chi connectivity index (χ1v) is 10.9. The summed E-state index contributed by atoms with van der Waals surface area (Å²) in [5.74, 6) is -0.655. The molecule has 0 bridgehead atoms. The number of nitro benzene ring substituents is 1. The summed E-state index contributed by atoms with van der Waals surface area (Å²) in [6.45, 7) is 0.965. The zero-order valence-electron chi connectivity index (χ0n) is 16.4. The maximum atomic E-state index is 13.2. The normalized spacial score (nSPS) is 11.0. The van der Waals surface area contributed by atoms with E-state index in [4.69, 9.17) is 11.6 Å². The highest BCUT2D eigenvalue weighted by molar-refractivity contribution is 7.92. The van der Waals surface area contributed by atoms with Gasteiger partial charge in [-0.3, -0.25) is 19.2 Å². The van der Waals surface area contributed by atoms with E-state index in [9.17, 15) is 23.3 Å². The Labute approximate surface area is 184 Å². The molecule has 0 heterocycles. The molecule has 0 radical (unpaired) electrons. The van der Waals surface area contributed by atoms with Crippen LogP contribution in [0.15, 0.2) is 77.7 Å². The first kappa shape index (κ1) is 22.3. The van der Waals surface area contributed by atoms with Crippen molar-refractivity contribution in [3.8, 4) is 0 Å². The van der Waals surface area contributed by atoms with Crippen LogP contribution in [0.5, 0.6) is 0 Å². The van der Waals surface area contributed by atoms with E-state index in [0.717, 1.165) is 4.31 Å². The smallest absolute Gasteiger partial charge is 0.274 e. The molecule has 1 N–H and O–H groups in total. The van der Waals surface area contributed by atoms with E-state index in [1.807, 2.05) is 0 Å². The third-order valence-corrected chi connectivity index (χ3v) is 6.55. The summed E-state index contributed by atoms with van der Waals surface area (Å²) in [4.78, 5) is 23.4. The molecule has 10 heteroatoms. The van der Waals surface area contributed by atoms with Crippen molar-refractivity contribution in [1.82, 2.24) is 0 Å². The van der Waals surface area contributed by atoms with Gasteiger partial charge in [-0.15, -0.1) is 0 Å². The van der Waals surface area contributed by atoms with Gasteiger partial charge in [-0.05, 0) is 49.4 Å². The number of amides is 1. The molecule has 0 unspecified atom stereocenters. The van der Waals surface area contributed by atoms with Crippen LogP contribution in [0.25, 0.3) is 0 Å². The van der Waals surface area contributed by atoms with Crippen LogP contribution in [0.2, 0.25) is 5.02 Å². The van der Waals surface area contributed by atoms with Gasteiger partial charge in [0.1, 0.15) is 6.54 Å². The number of anilines is 2. The van der Waals surface area contributed by atoms with Crippen LogP contribution in [-0.4, -0.2) is 25.8 Å². The lowest BCUT2D eigenvalue weighted by Crippen LogP contribution is -2.38. The van der Waals surface area contributed by atoms with Crippen molar-refractivity contribution in [2.75, 3.05) is 16.2 Å². The average Bonchev–Trinajstić information content (AvgIpc) is 2.74. The van der Waals surface area contributed by atoms with E-state index in [1.54, 1.807) is 18.2 Å². The molecule has 31 heavy (non-hydrogen) atoms. The SMILES string of the molecule is Cc1c(NC(=O)CN(c2ccc(Cl)cc2)S(=O)(=O)c2ccccc2)cccc1[N+](=O)[O-]. The zero-order valence-corrected chi connectivity index (χ0v) is 17.9. The van der Waals surface area contributed by atoms with Crippen LogP contribution in [0, 0.1) is 17.0 Å². The lowest BCUT2D eigenvalue weighted by molar-refractivity contribution is -0.385. The number of benzene rings is 3. The van der Waals surface area contributed by atoms with Crippen LogP contribution < -0.4 is 9.62 Å². The highest BCUT2D eigenvalue weighted by atomic mass is 35.5. The molecular formula is C21H18ClN3O5S. The van der Waals surface area contributed by atoms with E-state index in [1.165, 1.54) is 61.5 Å². The van der Waals surface area contributed by atoms with E-state index in [-0.39, 0.29) is 27.5 Å². The predicted octanol–water partition coefficient (Wildman–Crippen LogP) is 4.39. The minimum Gasteiger partial charge on any atom is -0.324 e. The molecule has 0 atom stereocenters. The minimum absolute atomic E-state index is 0.0179. The van der Waals surface area contributed by atoms with Crippen molar-refractivity contribution in [3.05, 3.63) is 93.5 Å². The predicted molar refractivity (Wildman–Crippen MR) is 119 cm³/mol. The summed E-state index contributed by atoms with van der Waals surface area (Å²) in [5, 5.41) is 14.1. The molecule has 3 aromatic rings. The van der Waals surface area contributed by atoms with Crippen LogP contribution >= 0.6 is 11.6 Å². The average molecular weight is 460 g/mol. The van der Waals surface area contributed by atoms with E-state index < -0.39 is 27.4 Å². The first-order chi connectivity index (χ1) is 14.7.